The molecule has 2 N–H and O–H groups in total. The summed E-state index contributed by atoms with van der Waals surface area (Å²) in [5.41, 5.74) is 0.640. The lowest BCUT2D eigenvalue weighted by atomic mass is 10.0. The fourth-order valence-corrected chi connectivity index (χ4v) is 4.44. The molecule has 2 aliphatic rings. The lowest BCUT2D eigenvalue weighted by Gasteiger charge is -2.28. The first-order valence-electron chi connectivity index (χ1n) is 10.3. The number of anilines is 1. The normalized spacial score (nSPS) is 19.0. The van der Waals surface area contributed by atoms with Crippen LogP contribution in [-0.4, -0.2) is 40.3 Å². The molecular formula is C21H28FN5O. The fraction of sp³-hybridized carbons (Fsp3) is 0.524. The highest BCUT2D eigenvalue weighted by Gasteiger charge is 2.26. The van der Waals surface area contributed by atoms with Gasteiger partial charge in [0, 0.05) is 18.2 Å². The van der Waals surface area contributed by atoms with E-state index in [1.165, 1.54) is 18.9 Å². The number of nitrogens with zero attached hydrogens (tertiary/aromatic N) is 3. The van der Waals surface area contributed by atoms with Crippen LogP contribution in [0, 0.1) is 5.82 Å². The van der Waals surface area contributed by atoms with Gasteiger partial charge in [-0.1, -0.05) is 31.0 Å². The molecule has 150 valence electrons. The molecule has 2 fully saturated rings. The van der Waals surface area contributed by atoms with Crippen molar-refractivity contribution in [2.24, 2.45) is 0 Å². The van der Waals surface area contributed by atoms with Crippen molar-refractivity contribution >= 4 is 11.8 Å². The maximum absolute atomic E-state index is 14.4. The smallest absolute Gasteiger partial charge is 0.320 e. The average molecular weight is 385 g/mol. The third-order valence-electron chi connectivity index (χ3n) is 5.88. The molecule has 1 atom stereocenters. The Morgan fingerprint density at radius 1 is 1.14 bits per heavy atom. The zero-order chi connectivity index (χ0) is 19.3. The van der Waals surface area contributed by atoms with Gasteiger partial charge in [0.05, 0.1) is 18.3 Å². The summed E-state index contributed by atoms with van der Waals surface area (Å²) in [5.74, 6) is 0.494. The van der Waals surface area contributed by atoms with E-state index >= 15 is 0 Å². The molecule has 0 radical (unpaired) electrons. The Morgan fingerprint density at radius 3 is 2.64 bits per heavy atom. The summed E-state index contributed by atoms with van der Waals surface area (Å²) in [6.07, 6.45) is 8.55. The number of rotatable bonds is 6. The van der Waals surface area contributed by atoms with Gasteiger partial charge in [-0.15, -0.1) is 0 Å². The minimum Gasteiger partial charge on any atom is -0.336 e. The second kappa shape index (κ2) is 8.73. The van der Waals surface area contributed by atoms with Crippen molar-refractivity contribution in [3.8, 4) is 0 Å². The SMILES string of the molecule is O=C(NC[C@H](c1ccccc1F)N1CCCC1)Nc1ccnn1C1CCCC1. The predicted molar refractivity (Wildman–Crippen MR) is 107 cm³/mol. The van der Waals surface area contributed by atoms with Crippen molar-refractivity contribution < 1.29 is 9.18 Å². The van der Waals surface area contributed by atoms with E-state index in [1.807, 2.05) is 22.9 Å². The van der Waals surface area contributed by atoms with E-state index in [9.17, 15) is 9.18 Å². The second-order valence-electron chi connectivity index (χ2n) is 7.71. The Hall–Kier alpha value is -2.41. The van der Waals surface area contributed by atoms with Gasteiger partial charge in [0.2, 0.25) is 0 Å². The molecule has 0 spiro atoms. The highest BCUT2D eigenvalue weighted by molar-refractivity contribution is 5.88. The van der Waals surface area contributed by atoms with Crippen molar-refractivity contribution in [2.45, 2.75) is 50.6 Å². The summed E-state index contributed by atoms with van der Waals surface area (Å²) >= 11 is 0. The van der Waals surface area contributed by atoms with E-state index < -0.39 is 0 Å². The second-order valence-corrected chi connectivity index (χ2v) is 7.71. The minimum absolute atomic E-state index is 0.158. The summed E-state index contributed by atoms with van der Waals surface area (Å²) in [5, 5.41) is 10.2. The number of hydrogen-bond acceptors (Lipinski definition) is 3. The minimum atomic E-state index is -0.278. The quantitative estimate of drug-likeness (QED) is 0.787. The molecule has 0 unspecified atom stereocenters. The van der Waals surface area contributed by atoms with Crippen LogP contribution in [0.25, 0.3) is 0 Å². The highest BCUT2D eigenvalue weighted by atomic mass is 19.1. The fourth-order valence-electron chi connectivity index (χ4n) is 4.44. The Morgan fingerprint density at radius 2 is 1.89 bits per heavy atom. The van der Waals surface area contributed by atoms with E-state index in [1.54, 1.807) is 12.3 Å². The van der Waals surface area contributed by atoms with Gasteiger partial charge < -0.3 is 5.32 Å². The maximum atomic E-state index is 14.4. The average Bonchev–Trinajstić information content (AvgIpc) is 3.46. The molecule has 1 aromatic heterocycles. The lowest BCUT2D eigenvalue weighted by Crippen LogP contribution is -2.39. The lowest BCUT2D eigenvalue weighted by molar-refractivity contribution is 0.224. The van der Waals surface area contributed by atoms with Gasteiger partial charge >= 0.3 is 6.03 Å². The monoisotopic (exact) mass is 385 g/mol. The third-order valence-corrected chi connectivity index (χ3v) is 5.88. The van der Waals surface area contributed by atoms with Gasteiger partial charge in [0.25, 0.3) is 0 Å². The number of likely N-dealkylation sites (tertiary alicyclic amines) is 1. The van der Waals surface area contributed by atoms with Crippen LogP contribution in [-0.2, 0) is 0 Å². The number of hydrogen-bond donors (Lipinski definition) is 2. The van der Waals surface area contributed by atoms with Crippen LogP contribution >= 0.6 is 0 Å². The maximum Gasteiger partial charge on any atom is 0.320 e. The number of carbonyl (C=O) groups excluding carboxylic acids is 1. The summed E-state index contributed by atoms with van der Waals surface area (Å²) in [4.78, 5) is 14.8. The zero-order valence-corrected chi connectivity index (χ0v) is 16.1. The molecule has 1 saturated carbocycles. The molecule has 1 aromatic carbocycles. The number of benzene rings is 1. The highest BCUT2D eigenvalue weighted by Crippen LogP contribution is 2.31. The number of carbonyl (C=O) groups is 1. The van der Waals surface area contributed by atoms with Crippen LogP contribution in [0.5, 0.6) is 0 Å². The first kappa shape index (κ1) is 18.9. The Kier molecular flexibility index (Phi) is 5.90. The number of nitrogens with one attached hydrogen (secondary N) is 2. The topological polar surface area (TPSA) is 62.2 Å². The summed E-state index contributed by atoms with van der Waals surface area (Å²) in [7, 11) is 0. The zero-order valence-electron chi connectivity index (χ0n) is 16.1. The number of aromatic nitrogens is 2. The number of halogens is 1. The molecule has 1 aliphatic heterocycles. The van der Waals surface area contributed by atoms with Gasteiger partial charge in [-0.3, -0.25) is 10.2 Å². The molecule has 1 aliphatic carbocycles. The van der Waals surface area contributed by atoms with Crippen molar-refractivity contribution in [1.29, 1.82) is 0 Å². The van der Waals surface area contributed by atoms with Gasteiger partial charge in [-0.05, 0) is 44.8 Å². The molecule has 0 bridgehead atoms. The third kappa shape index (κ3) is 4.19. The van der Waals surface area contributed by atoms with Gasteiger partial charge in [0.1, 0.15) is 11.6 Å². The van der Waals surface area contributed by atoms with Gasteiger partial charge in [0.15, 0.2) is 0 Å². The first-order chi connectivity index (χ1) is 13.7. The van der Waals surface area contributed by atoms with E-state index in [-0.39, 0.29) is 17.9 Å². The van der Waals surface area contributed by atoms with Crippen LogP contribution in [0.15, 0.2) is 36.5 Å². The Bertz CT molecular complexity index is 796. The molecule has 2 aromatic rings. The molecule has 2 amide bonds. The molecule has 1 saturated heterocycles. The number of urea groups is 1. The van der Waals surface area contributed by atoms with E-state index in [4.69, 9.17) is 0 Å². The van der Waals surface area contributed by atoms with Crippen molar-refractivity contribution in [1.82, 2.24) is 20.0 Å². The summed E-state index contributed by atoms with van der Waals surface area (Å²) in [6.45, 7) is 2.22. The van der Waals surface area contributed by atoms with Crippen LogP contribution < -0.4 is 10.6 Å². The van der Waals surface area contributed by atoms with Crippen LogP contribution in [0.3, 0.4) is 0 Å². The Labute approximate surface area is 165 Å². The van der Waals surface area contributed by atoms with E-state index in [0.29, 0.717) is 24.0 Å². The Balaban J connectivity index is 1.41. The largest absolute Gasteiger partial charge is 0.336 e. The van der Waals surface area contributed by atoms with Crippen molar-refractivity contribution in [3.63, 3.8) is 0 Å². The van der Waals surface area contributed by atoms with E-state index in [0.717, 1.165) is 38.8 Å². The van der Waals surface area contributed by atoms with E-state index in [2.05, 4.69) is 20.6 Å². The molecule has 4 rings (SSSR count). The van der Waals surface area contributed by atoms with Crippen LogP contribution in [0.2, 0.25) is 0 Å². The van der Waals surface area contributed by atoms with Crippen molar-refractivity contribution in [2.75, 3.05) is 25.0 Å². The van der Waals surface area contributed by atoms with Crippen LogP contribution in [0.1, 0.15) is 56.2 Å². The molecule has 7 heteroatoms. The number of amides is 2. The summed E-state index contributed by atoms with van der Waals surface area (Å²) < 4.78 is 16.3. The molecule has 2 heterocycles. The molecular weight excluding hydrogens is 357 g/mol. The standard InChI is InChI=1S/C21H28FN5O/c22-18-10-4-3-9-17(18)19(26-13-5-6-14-26)15-23-21(28)25-20-11-12-24-27(20)16-7-1-2-8-16/h3-4,9-12,16,19H,1-2,5-8,13-15H2,(H2,23,25,28)/t19-/m1/s1. The molecule has 6 nitrogen and oxygen atoms in total. The van der Waals surface area contributed by atoms with Gasteiger partial charge in [-0.25, -0.2) is 13.9 Å². The summed E-state index contributed by atoms with van der Waals surface area (Å²) in [6, 6.07) is 8.60. The predicted octanol–water partition coefficient (Wildman–Crippen LogP) is 4.10. The van der Waals surface area contributed by atoms with Crippen LogP contribution in [0.4, 0.5) is 15.0 Å². The first-order valence-corrected chi connectivity index (χ1v) is 10.3. The van der Waals surface area contributed by atoms with Gasteiger partial charge in [-0.2, -0.15) is 5.10 Å². The van der Waals surface area contributed by atoms with Crippen molar-refractivity contribution in [3.05, 3.63) is 47.9 Å². The molecule has 28 heavy (non-hydrogen) atoms.